The highest BCUT2D eigenvalue weighted by atomic mass is 16.9. The Morgan fingerprint density at radius 1 is 0.842 bits per heavy atom. The third-order valence-corrected chi connectivity index (χ3v) is 4.24. The van der Waals surface area contributed by atoms with E-state index in [1.807, 2.05) is 27.7 Å². The molecule has 2 spiro atoms. The van der Waals surface area contributed by atoms with Crippen molar-refractivity contribution in [2.45, 2.75) is 62.9 Å². The van der Waals surface area contributed by atoms with Crippen LogP contribution in [0, 0.1) is 0 Å². The zero-order valence-corrected chi connectivity index (χ0v) is 11.7. The first kappa shape index (κ1) is 12.5. The first-order chi connectivity index (χ1) is 8.78. The predicted octanol–water partition coefficient (Wildman–Crippen LogP) is 0.785. The minimum Gasteiger partial charge on any atom is -0.361 e. The van der Waals surface area contributed by atoms with Gasteiger partial charge in [-0.3, -0.25) is 0 Å². The summed E-state index contributed by atoms with van der Waals surface area (Å²) in [5.74, 6) is -2.15. The third kappa shape index (κ3) is 1.58. The number of hydrogen-bond acceptors (Lipinski definition) is 6. The molecule has 4 rings (SSSR count). The smallest absolute Gasteiger partial charge is 0.229 e. The number of hydrogen-bond donors (Lipinski definition) is 0. The molecule has 4 fully saturated rings. The molecule has 108 valence electrons. The van der Waals surface area contributed by atoms with Crippen molar-refractivity contribution in [3.8, 4) is 0 Å². The second-order valence-corrected chi connectivity index (χ2v) is 6.63. The van der Waals surface area contributed by atoms with Gasteiger partial charge in [-0.25, -0.2) is 0 Å². The molecule has 0 bridgehead atoms. The fourth-order valence-electron chi connectivity index (χ4n) is 3.37. The van der Waals surface area contributed by atoms with Crippen LogP contribution in [0.15, 0.2) is 0 Å². The fraction of sp³-hybridized carbons (Fsp3) is 1.00. The summed E-state index contributed by atoms with van der Waals surface area (Å²) in [6, 6.07) is 0. The molecule has 2 unspecified atom stereocenters. The minimum atomic E-state index is -0.874. The van der Waals surface area contributed by atoms with Gasteiger partial charge in [0.15, 0.2) is 17.2 Å². The van der Waals surface area contributed by atoms with Crippen LogP contribution in [-0.4, -0.2) is 55.0 Å². The summed E-state index contributed by atoms with van der Waals surface area (Å²) in [7, 11) is 0. The molecule has 0 aromatic rings. The number of ether oxygens (including phenoxy) is 6. The van der Waals surface area contributed by atoms with Gasteiger partial charge in [0.1, 0.15) is 18.8 Å². The molecule has 0 saturated carbocycles. The maximum atomic E-state index is 6.03. The molecule has 4 atom stereocenters. The first-order valence-corrected chi connectivity index (χ1v) is 6.75. The lowest BCUT2D eigenvalue weighted by atomic mass is 9.87. The molecule has 4 aliphatic heterocycles. The van der Waals surface area contributed by atoms with Crippen LogP contribution in [0.2, 0.25) is 0 Å². The summed E-state index contributed by atoms with van der Waals surface area (Å²) in [6.45, 7) is 8.90. The van der Waals surface area contributed by atoms with Crippen LogP contribution in [-0.2, 0) is 28.4 Å². The molecule has 0 amide bonds. The summed E-state index contributed by atoms with van der Waals surface area (Å²) in [5, 5.41) is 0. The molecule has 19 heavy (non-hydrogen) atoms. The molecule has 4 saturated heterocycles. The quantitative estimate of drug-likeness (QED) is 0.608. The summed E-state index contributed by atoms with van der Waals surface area (Å²) in [6.07, 6.45) is -0.288. The van der Waals surface area contributed by atoms with E-state index in [1.54, 1.807) is 0 Å². The summed E-state index contributed by atoms with van der Waals surface area (Å²) < 4.78 is 35.3. The van der Waals surface area contributed by atoms with E-state index in [2.05, 4.69) is 0 Å². The van der Waals surface area contributed by atoms with Gasteiger partial charge in [-0.2, -0.15) is 0 Å². The van der Waals surface area contributed by atoms with Gasteiger partial charge >= 0.3 is 0 Å². The Bertz CT molecular complexity index is 413. The van der Waals surface area contributed by atoms with E-state index in [4.69, 9.17) is 28.4 Å². The van der Waals surface area contributed by atoms with Crippen molar-refractivity contribution >= 4 is 0 Å². The molecule has 6 nitrogen and oxygen atoms in total. The van der Waals surface area contributed by atoms with Crippen LogP contribution in [0.3, 0.4) is 0 Å². The van der Waals surface area contributed by atoms with Crippen molar-refractivity contribution in [2.24, 2.45) is 0 Å². The lowest BCUT2D eigenvalue weighted by Gasteiger charge is -2.42. The van der Waals surface area contributed by atoms with Crippen LogP contribution in [0.25, 0.3) is 0 Å². The monoisotopic (exact) mass is 272 g/mol. The highest BCUT2D eigenvalue weighted by Gasteiger charge is 2.78. The van der Waals surface area contributed by atoms with Gasteiger partial charge in [-0.15, -0.1) is 0 Å². The predicted molar refractivity (Wildman–Crippen MR) is 62.3 cm³/mol. The van der Waals surface area contributed by atoms with Crippen LogP contribution < -0.4 is 0 Å². The van der Waals surface area contributed by atoms with Crippen molar-refractivity contribution in [3.63, 3.8) is 0 Å². The highest BCUT2D eigenvalue weighted by Crippen LogP contribution is 2.56. The molecule has 4 aliphatic rings. The summed E-state index contributed by atoms with van der Waals surface area (Å²) >= 11 is 0. The van der Waals surface area contributed by atoms with Crippen molar-refractivity contribution in [1.82, 2.24) is 0 Å². The van der Waals surface area contributed by atoms with Gasteiger partial charge in [0.05, 0.1) is 13.2 Å². The number of epoxide rings is 1. The molecule has 0 aromatic carbocycles. The lowest BCUT2D eigenvalue weighted by Crippen LogP contribution is -2.64. The van der Waals surface area contributed by atoms with Gasteiger partial charge < -0.3 is 28.4 Å². The third-order valence-electron chi connectivity index (χ3n) is 4.24. The van der Waals surface area contributed by atoms with Gasteiger partial charge in [0, 0.05) is 0 Å². The molecule has 0 N–H and O–H groups in total. The van der Waals surface area contributed by atoms with Crippen LogP contribution in [0.1, 0.15) is 27.7 Å². The standard InChI is InChI=1S/C13H20O6/c1-10(2)15-7-13(19-10)12(6-16-12)9-8(5-14-13)17-11(3,4)18-9/h8-9H,5-7H2,1-4H3/t8-,9-,12?,13?/m1/s1. The van der Waals surface area contributed by atoms with Crippen molar-refractivity contribution < 1.29 is 28.4 Å². The average Bonchev–Trinajstić information content (AvgIpc) is 2.94. The zero-order valence-electron chi connectivity index (χ0n) is 11.7. The van der Waals surface area contributed by atoms with Crippen molar-refractivity contribution in [1.29, 1.82) is 0 Å². The van der Waals surface area contributed by atoms with Gasteiger partial charge in [0.2, 0.25) is 5.79 Å². The average molecular weight is 272 g/mol. The fourth-order valence-corrected chi connectivity index (χ4v) is 3.37. The van der Waals surface area contributed by atoms with E-state index >= 15 is 0 Å². The summed E-state index contributed by atoms with van der Waals surface area (Å²) in [5.41, 5.74) is -0.600. The summed E-state index contributed by atoms with van der Waals surface area (Å²) in [4.78, 5) is 0. The Morgan fingerprint density at radius 2 is 1.58 bits per heavy atom. The highest BCUT2D eigenvalue weighted by molar-refractivity contribution is 5.18. The maximum absolute atomic E-state index is 6.03. The van der Waals surface area contributed by atoms with Crippen LogP contribution >= 0.6 is 0 Å². The van der Waals surface area contributed by atoms with Gasteiger partial charge in [0.25, 0.3) is 0 Å². The normalized spacial score (nSPS) is 53.7. The number of fused-ring (bicyclic) bond motifs is 3. The Hall–Kier alpha value is -0.240. The molecule has 0 aliphatic carbocycles. The minimum absolute atomic E-state index is 0.115. The number of rotatable bonds is 0. The van der Waals surface area contributed by atoms with Gasteiger partial charge in [-0.1, -0.05) is 0 Å². The van der Waals surface area contributed by atoms with E-state index in [9.17, 15) is 0 Å². The van der Waals surface area contributed by atoms with Crippen molar-refractivity contribution in [3.05, 3.63) is 0 Å². The Balaban J connectivity index is 1.67. The van der Waals surface area contributed by atoms with E-state index < -0.39 is 23.0 Å². The largest absolute Gasteiger partial charge is 0.361 e. The zero-order chi connectivity index (χ0) is 13.5. The molecule has 0 radical (unpaired) electrons. The van der Waals surface area contributed by atoms with E-state index in [1.165, 1.54) is 0 Å². The van der Waals surface area contributed by atoms with E-state index in [-0.39, 0.29) is 12.2 Å². The van der Waals surface area contributed by atoms with Crippen LogP contribution in [0.5, 0.6) is 0 Å². The second kappa shape index (κ2) is 3.32. The Morgan fingerprint density at radius 3 is 2.16 bits per heavy atom. The topological polar surface area (TPSA) is 58.7 Å². The van der Waals surface area contributed by atoms with E-state index in [0.717, 1.165) is 0 Å². The molecular weight excluding hydrogens is 252 g/mol. The van der Waals surface area contributed by atoms with Crippen LogP contribution in [0.4, 0.5) is 0 Å². The maximum Gasteiger partial charge on any atom is 0.229 e. The van der Waals surface area contributed by atoms with Crippen molar-refractivity contribution in [2.75, 3.05) is 19.8 Å². The second-order valence-electron chi connectivity index (χ2n) is 6.63. The Labute approximate surface area is 112 Å². The first-order valence-electron chi connectivity index (χ1n) is 6.75. The molecular formula is C13H20O6. The molecule has 6 heteroatoms. The van der Waals surface area contributed by atoms with Gasteiger partial charge in [-0.05, 0) is 27.7 Å². The molecule has 0 aromatic heterocycles. The van der Waals surface area contributed by atoms with E-state index in [0.29, 0.717) is 19.8 Å². The molecule has 4 heterocycles. The lowest BCUT2D eigenvalue weighted by molar-refractivity contribution is -0.316. The Kier molecular flexibility index (Phi) is 2.18. The SMILES string of the molecule is CC1(C)O[C@@H]2[C@@H](COC3(COC(C)(C)O3)C23CO3)O1.